The van der Waals surface area contributed by atoms with Crippen LogP contribution in [0.1, 0.15) is 47.7 Å². The zero-order chi connectivity index (χ0) is 23.2. The summed E-state index contributed by atoms with van der Waals surface area (Å²) in [6, 6.07) is 20.2. The first-order valence-electron chi connectivity index (χ1n) is 11.2. The van der Waals surface area contributed by atoms with Crippen LogP contribution in [0, 0.1) is 5.82 Å². The topological polar surface area (TPSA) is 69.6 Å². The van der Waals surface area contributed by atoms with Crippen LogP contribution >= 0.6 is 0 Å². The van der Waals surface area contributed by atoms with Crippen LogP contribution in [0.2, 0.25) is 0 Å². The number of nitrogens with one attached hydrogen (secondary N) is 1. The summed E-state index contributed by atoms with van der Waals surface area (Å²) in [6.07, 6.45) is 1.11. The molecule has 0 spiro atoms. The smallest absolute Gasteiger partial charge is 0.265 e. The van der Waals surface area contributed by atoms with E-state index in [1.807, 2.05) is 36.4 Å². The van der Waals surface area contributed by atoms with Crippen LogP contribution in [0.25, 0.3) is 0 Å². The average molecular weight is 445 g/mol. The first-order chi connectivity index (χ1) is 15.9. The van der Waals surface area contributed by atoms with Crippen LogP contribution in [0.3, 0.4) is 0 Å². The molecule has 168 valence electrons. The first kappa shape index (κ1) is 21.3. The van der Waals surface area contributed by atoms with Gasteiger partial charge in [-0.1, -0.05) is 49.7 Å². The summed E-state index contributed by atoms with van der Waals surface area (Å²) in [5, 5.41) is 15.2. The van der Waals surface area contributed by atoms with E-state index >= 15 is 0 Å². The van der Waals surface area contributed by atoms with E-state index in [4.69, 9.17) is 0 Å². The second-order valence-corrected chi connectivity index (χ2v) is 8.81. The molecule has 2 atom stereocenters. The van der Waals surface area contributed by atoms with Crippen LogP contribution in [0.4, 0.5) is 15.8 Å². The number of hydrogen-bond donors (Lipinski definition) is 2. The van der Waals surface area contributed by atoms with Crippen LogP contribution in [-0.4, -0.2) is 23.3 Å². The van der Waals surface area contributed by atoms with E-state index in [0.717, 1.165) is 17.7 Å². The summed E-state index contributed by atoms with van der Waals surface area (Å²) in [7, 11) is 0. The third kappa shape index (κ3) is 3.16. The summed E-state index contributed by atoms with van der Waals surface area (Å²) in [4.78, 5) is 28.8. The molecule has 2 N–H and O–H groups in total. The number of ketones is 1. The third-order valence-corrected chi connectivity index (χ3v) is 6.82. The van der Waals surface area contributed by atoms with Crippen LogP contribution in [0.5, 0.6) is 0 Å². The molecule has 5 rings (SSSR count). The number of fused-ring (bicyclic) bond motifs is 2. The SMILES string of the molecule is CCCC1(N2C(=O)C(O)(CC(=O)c3ccc(F)cc3)c3ccccc32)CNc2ccccc21. The molecule has 2 heterocycles. The van der Waals surface area contributed by atoms with E-state index in [1.54, 1.807) is 17.0 Å². The number of amides is 1. The van der Waals surface area contributed by atoms with Gasteiger partial charge >= 0.3 is 0 Å². The van der Waals surface area contributed by atoms with E-state index in [9.17, 15) is 19.1 Å². The van der Waals surface area contributed by atoms with Crippen molar-refractivity contribution in [3.05, 3.63) is 95.3 Å². The highest BCUT2D eigenvalue weighted by molar-refractivity contribution is 6.12. The Morgan fingerprint density at radius 3 is 2.42 bits per heavy atom. The van der Waals surface area contributed by atoms with Crippen molar-refractivity contribution < 1.29 is 19.1 Å². The minimum absolute atomic E-state index is 0.254. The number of carbonyl (C=O) groups is 2. The normalized spacial score (nSPS) is 23.2. The number of anilines is 2. The molecule has 0 radical (unpaired) electrons. The molecule has 2 aliphatic heterocycles. The van der Waals surface area contributed by atoms with Gasteiger partial charge in [-0.2, -0.15) is 0 Å². The highest BCUT2D eigenvalue weighted by Gasteiger charge is 2.58. The minimum Gasteiger partial charge on any atom is -0.382 e. The molecular weight excluding hydrogens is 419 g/mol. The Morgan fingerprint density at radius 1 is 1.03 bits per heavy atom. The van der Waals surface area contributed by atoms with Crippen molar-refractivity contribution in [2.75, 3.05) is 16.8 Å². The molecule has 0 bridgehead atoms. The van der Waals surface area contributed by atoms with Crippen molar-refractivity contribution in [1.82, 2.24) is 0 Å². The van der Waals surface area contributed by atoms with Gasteiger partial charge < -0.3 is 10.4 Å². The van der Waals surface area contributed by atoms with Crippen molar-refractivity contribution in [1.29, 1.82) is 0 Å². The molecule has 5 nitrogen and oxygen atoms in total. The monoisotopic (exact) mass is 444 g/mol. The third-order valence-electron chi connectivity index (χ3n) is 6.82. The Balaban J connectivity index is 1.61. The number of benzene rings is 3. The maximum atomic E-state index is 14.0. The number of rotatable bonds is 6. The molecule has 33 heavy (non-hydrogen) atoms. The Bertz CT molecular complexity index is 1240. The molecule has 3 aromatic rings. The number of halogens is 1. The van der Waals surface area contributed by atoms with Gasteiger partial charge in [0, 0.05) is 28.9 Å². The van der Waals surface area contributed by atoms with Gasteiger partial charge in [0.2, 0.25) is 0 Å². The lowest BCUT2D eigenvalue weighted by Crippen LogP contribution is -2.53. The molecule has 2 unspecified atom stereocenters. The Kier molecular flexibility index (Phi) is 5.05. The highest BCUT2D eigenvalue weighted by atomic mass is 19.1. The molecule has 0 aliphatic carbocycles. The van der Waals surface area contributed by atoms with Gasteiger partial charge in [-0.05, 0) is 42.8 Å². The average Bonchev–Trinajstić information content (AvgIpc) is 3.29. The van der Waals surface area contributed by atoms with Crippen LogP contribution in [-0.2, 0) is 15.9 Å². The number of aliphatic hydroxyl groups is 1. The zero-order valence-corrected chi connectivity index (χ0v) is 18.3. The molecule has 1 amide bonds. The predicted molar refractivity (Wildman–Crippen MR) is 125 cm³/mol. The lowest BCUT2D eigenvalue weighted by molar-refractivity contribution is -0.137. The molecule has 6 heteroatoms. The Morgan fingerprint density at radius 2 is 1.70 bits per heavy atom. The van der Waals surface area contributed by atoms with Crippen molar-refractivity contribution in [2.45, 2.75) is 37.3 Å². The van der Waals surface area contributed by atoms with Gasteiger partial charge in [0.15, 0.2) is 11.4 Å². The zero-order valence-electron chi connectivity index (χ0n) is 18.3. The van der Waals surface area contributed by atoms with Gasteiger partial charge in [0.1, 0.15) is 5.82 Å². The van der Waals surface area contributed by atoms with Crippen molar-refractivity contribution in [3.63, 3.8) is 0 Å². The van der Waals surface area contributed by atoms with Crippen LogP contribution in [0.15, 0.2) is 72.8 Å². The van der Waals surface area contributed by atoms with Gasteiger partial charge in [-0.25, -0.2) is 4.39 Å². The molecule has 2 aliphatic rings. The van der Waals surface area contributed by atoms with Gasteiger partial charge in [-0.3, -0.25) is 14.5 Å². The van der Waals surface area contributed by atoms with Crippen molar-refractivity contribution >= 4 is 23.1 Å². The predicted octanol–water partition coefficient (Wildman–Crippen LogP) is 4.75. The first-order valence-corrected chi connectivity index (χ1v) is 11.2. The summed E-state index contributed by atoms with van der Waals surface area (Å²) < 4.78 is 13.3. The maximum absolute atomic E-state index is 14.0. The summed E-state index contributed by atoms with van der Waals surface area (Å²) in [6.45, 7) is 2.58. The molecule has 0 saturated carbocycles. The summed E-state index contributed by atoms with van der Waals surface area (Å²) in [5.74, 6) is -1.38. The number of para-hydroxylation sites is 2. The number of nitrogens with zero attached hydrogens (tertiary/aromatic N) is 1. The molecule has 3 aromatic carbocycles. The van der Waals surface area contributed by atoms with Gasteiger partial charge in [0.05, 0.1) is 17.6 Å². The van der Waals surface area contributed by atoms with Gasteiger partial charge in [0.25, 0.3) is 5.91 Å². The highest BCUT2D eigenvalue weighted by Crippen LogP contribution is 2.52. The van der Waals surface area contributed by atoms with Crippen molar-refractivity contribution in [2.24, 2.45) is 0 Å². The molecule has 0 saturated heterocycles. The number of carbonyl (C=O) groups excluding carboxylic acids is 2. The molecule has 0 aromatic heterocycles. The Labute approximate surface area is 191 Å². The van der Waals surface area contributed by atoms with Crippen LogP contribution < -0.4 is 10.2 Å². The fourth-order valence-corrected chi connectivity index (χ4v) is 5.32. The fraction of sp³-hybridized carbons (Fsp3) is 0.259. The molecule has 0 fully saturated rings. The lowest BCUT2D eigenvalue weighted by atomic mass is 9.84. The number of hydrogen-bond acceptors (Lipinski definition) is 4. The van der Waals surface area contributed by atoms with E-state index in [2.05, 4.69) is 12.2 Å². The molecular formula is C27H25FN2O3. The van der Waals surface area contributed by atoms with Gasteiger partial charge in [-0.15, -0.1) is 0 Å². The van der Waals surface area contributed by atoms with E-state index in [-0.39, 0.29) is 5.56 Å². The largest absolute Gasteiger partial charge is 0.382 e. The minimum atomic E-state index is -2.00. The summed E-state index contributed by atoms with van der Waals surface area (Å²) >= 11 is 0. The fourth-order valence-electron chi connectivity index (χ4n) is 5.32. The van der Waals surface area contributed by atoms with E-state index in [0.29, 0.717) is 24.2 Å². The second kappa shape index (κ2) is 7.81. The lowest BCUT2D eigenvalue weighted by Gasteiger charge is -2.40. The Hall–Kier alpha value is -3.51. The number of Topliss-reactive ketones (excluding diaryl/α,β-unsaturated/α-hetero) is 1. The standard InChI is InChI=1S/C27H25FN2O3/c1-2-15-26(17-29-22-9-5-3-7-20(22)26)30-23-10-6-4-8-21(23)27(33,25(30)32)16-24(31)18-11-13-19(28)14-12-18/h3-14,29,33H,2,15-17H2,1H3. The second-order valence-electron chi connectivity index (χ2n) is 8.81. The maximum Gasteiger partial charge on any atom is 0.265 e. The quantitative estimate of drug-likeness (QED) is 0.538. The van der Waals surface area contributed by atoms with E-state index < -0.39 is 35.1 Å². The summed E-state index contributed by atoms with van der Waals surface area (Å²) in [5.41, 5.74) is 0.583. The van der Waals surface area contributed by atoms with E-state index in [1.165, 1.54) is 24.3 Å². The van der Waals surface area contributed by atoms with Crippen molar-refractivity contribution in [3.8, 4) is 0 Å².